The Labute approximate surface area is 352 Å². The summed E-state index contributed by atoms with van der Waals surface area (Å²) in [5, 5.41) is 14.0. The average molecular weight is 857 g/mol. The van der Waals surface area contributed by atoms with E-state index in [2.05, 4.69) is 26.6 Å². The fourth-order valence-electron chi connectivity index (χ4n) is 5.72. The van der Waals surface area contributed by atoms with Crippen molar-refractivity contribution in [1.82, 2.24) is 31.6 Å². The van der Waals surface area contributed by atoms with Crippen LogP contribution in [0, 0.1) is 17.8 Å². The van der Waals surface area contributed by atoms with Crippen LogP contribution in [0.3, 0.4) is 0 Å². The zero-order valence-corrected chi connectivity index (χ0v) is 36.4. The van der Waals surface area contributed by atoms with Gasteiger partial charge in [0.1, 0.15) is 17.9 Å². The second-order valence-corrected chi connectivity index (χ2v) is 15.0. The van der Waals surface area contributed by atoms with Crippen molar-refractivity contribution in [3.63, 3.8) is 0 Å². The molecule has 1 rings (SSSR count). The van der Waals surface area contributed by atoms with Crippen molar-refractivity contribution in [2.75, 3.05) is 72.6 Å². The number of ether oxygens (including phenoxy) is 4. The van der Waals surface area contributed by atoms with Crippen molar-refractivity contribution in [2.45, 2.75) is 112 Å². The molecule has 0 bridgehead atoms. The van der Waals surface area contributed by atoms with Gasteiger partial charge in [-0.25, -0.2) is 0 Å². The van der Waals surface area contributed by atoms with Crippen LogP contribution in [0.2, 0.25) is 0 Å². The van der Waals surface area contributed by atoms with Gasteiger partial charge in [-0.15, -0.1) is 0 Å². The Balaban J connectivity index is 2.29. The highest BCUT2D eigenvalue weighted by atomic mass is 16.7. The highest BCUT2D eigenvalue weighted by Gasteiger charge is 2.41. The lowest BCUT2D eigenvalue weighted by Gasteiger charge is -2.27. The second kappa shape index (κ2) is 30.6. The normalized spacial score (nSPS) is 15.4. The van der Waals surface area contributed by atoms with Gasteiger partial charge in [0, 0.05) is 45.7 Å². The van der Waals surface area contributed by atoms with E-state index in [0.29, 0.717) is 37.7 Å². The number of rotatable bonds is 34. The third-order valence-corrected chi connectivity index (χ3v) is 9.21. The Morgan fingerprint density at radius 2 is 1.28 bits per heavy atom. The summed E-state index contributed by atoms with van der Waals surface area (Å²) in [5.41, 5.74) is 0. The minimum atomic E-state index is -1.10. The molecule has 7 amide bonds. The molecule has 0 aromatic heterocycles. The molecule has 4 atom stereocenters. The van der Waals surface area contributed by atoms with Gasteiger partial charge in [-0.05, 0) is 38.0 Å². The molecule has 20 heteroatoms. The molecule has 20 nitrogen and oxygen atoms in total. The standard InChI is InChI=1S/C40H68N6O14/c1-8-33(49)31(10-9-14-41-29(7)48)44-39(54)37(27(4)5)45-38(53)32(12-11-28(6)47)43-34(50)13-16-56-18-20-58-22-23-59-21-19-57-17-15-42-35(51)25-60-46-36(52)24-30(26(2)3)40(46)55/h26-27,30-32,37H,8-25H2,1-7H3,(H,41,48)(H,42,51)(H,43,50)(H,44,54)(H,45,53)/t30?,31-,32+,37-/m0/s1. The van der Waals surface area contributed by atoms with Crippen molar-refractivity contribution in [1.29, 1.82) is 0 Å². The lowest BCUT2D eigenvalue weighted by molar-refractivity contribution is -0.189. The number of carbonyl (C=O) groups is 9. The number of amides is 7. The molecule has 1 saturated heterocycles. The van der Waals surface area contributed by atoms with E-state index in [4.69, 9.17) is 23.8 Å². The Morgan fingerprint density at radius 1 is 0.683 bits per heavy atom. The summed E-state index contributed by atoms with van der Waals surface area (Å²) in [4.78, 5) is 116. The molecule has 0 saturated carbocycles. The van der Waals surface area contributed by atoms with Crippen LogP contribution < -0.4 is 26.6 Å². The topological polar surface area (TPSA) is 263 Å². The maximum absolute atomic E-state index is 13.4. The van der Waals surface area contributed by atoms with Crippen LogP contribution in [0.4, 0.5) is 0 Å². The predicted molar refractivity (Wildman–Crippen MR) is 215 cm³/mol. The molecule has 0 radical (unpaired) electrons. The molecule has 60 heavy (non-hydrogen) atoms. The Hall–Kier alpha value is -4.37. The number of ketones is 2. The number of imide groups is 1. The minimum absolute atomic E-state index is 0.00741. The summed E-state index contributed by atoms with van der Waals surface area (Å²) in [7, 11) is 0. The van der Waals surface area contributed by atoms with E-state index in [1.807, 2.05) is 13.8 Å². The van der Waals surface area contributed by atoms with E-state index in [1.54, 1.807) is 20.8 Å². The monoisotopic (exact) mass is 856 g/mol. The fourth-order valence-corrected chi connectivity index (χ4v) is 5.72. The van der Waals surface area contributed by atoms with E-state index >= 15 is 0 Å². The van der Waals surface area contributed by atoms with Gasteiger partial charge in [0.25, 0.3) is 11.8 Å². The Morgan fingerprint density at radius 3 is 1.82 bits per heavy atom. The second-order valence-electron chi connectivity index (χ2n) is 15.0. The number of hydrogen-bond acceptors (Lipinski definition) is 14. The molecule has 1 unspecified atom stereocenters. The zero-order chi connectivity index (χ0) is 45.0. The first-order valence-electron chi connectivity index (χ1n) is 20.7. The zero-order valence-electron chi connectivity index (χ0n) is 36.4. The molecular weight excluding hydrogens is 788 g/mol. The van der Waals surface area contributed by atoms with Crippen LogP contribution in [-0.2, 0) is 66.9 Å². The number of hydrogen-bond donors (Lipinski definition) is 5. The maximum Gasteiger partial charge on any atom is 0.257 e. The summed E-state index contributed by atoms with van der Waals surface area (Å²) in [6.45, 7) is 13.5. The molecule has 0 aromatic rings. The highest BCUT2D eigenvalue weighted by Crippen LogP contribution is 2.26. The van der Waals surface area contributed by atoms with Crippen molar-refractivity contribution in [2.24, 2.45) is 17.8 Å². The van der Waals surface area contributed by atoms with Crippen LogP contribution in [0.15, 0.2) is 0 Å². The van der Waals surface area contributed by atoms with Gasteiger partial charge in [0.15, 0.2) is 12.4 Å². The number of carbonyl (C=O) groups excluding carboxylic acids is 9. The number of Topliss-reactive ketones (excluding diaryl/α,β-unsaturated/α-hetero) is 2. The van der Waals surface area contributed by atoms with Gasteiger partial charge < -0.3 is 50.3 Å². The largest absolute Gasteiger partial charge is 0.379 e. The van der Waals surface area contributed by atoms with Gasteiger partial charge in [0.05, 0.1) is 64.8 Å². The van der Waals surface area contributed by atoms with Crippen LogP contribution in [0.25, 0.3) is 0 Å². The van der Waals surface area contributed by atoms with Gasteiger partial charge >= 0.3 is 0 Å². The van der Waals surface area contributed by atoms with E-state index < -0.39 is 66.1 Å². The van der Waals surface area contributed by atoms with Gasteiger partial charge in [0.2, 0.25) is 29.5 Å². The van der Waals surface area contributed by atoms with Crippen LogP contribution in [0.5, 0.6) is 0 Å². The van der Waals surface area contributed by atoms with Crippen LogP contribution >= 0.6 is 0 Å². The van der Waals surface area contributed by atoms with E-state index in [-0.39, 0.29) is 108 Å². The first-order chi connectivity index (χ1) is 28.5. The molecule has 0 spiro atoms. The van der Waals surface area contributed by atoms with Gasteiger partial charge in [-0.1, -0.05) is 34.6 Å². The minimum Gasteiger partial charge on any atom is -0.379 e. The third kappa shape index (κ3) is 22.8. The lowest BCUT2D eigenvalue weighted by Crippen LogP contribution is -2.57. The number of nitrogens with zero attached hydrogens (tertiary/aromatic N) is 1. The first-order valence-corrected chi connectivity index (χ1v) is 20.7. The summed E-state index contributed by atoms with van der Waals surface area (Å²) in [5.74, 6) is -4.46. The number of hydroxylamine groups is 2. The smallest absolute Gasteiger partial charge is 0.257 e. The summed E-state index contributed by atoms with van der Waals surface area (Å²) in [6, 6.07) is -2.92. The first kappa shape index (κ1) is 53.6. The summed E-state index contributed by atoms with van der Waals surface area (Å²) in [6.07, 6.45) is 0.988. The van der Waals surface area contributed by atoms with E-state index in [1.165, 1.54) is 13.8 Å². The molecular formula is C40H68N6O14. The predicted octanol–water partition coefficient (Wildman–Crippen LogP) is -0.103. The molecule has 0 aliphatic carbocycles. The SMILES string of the molecule is CCC(=O)[C@H](CCCNC(C)=O)NC(=O)[C@@H](NC(=O)[C@@H](CCC(C)=O)NC(=O)CCOCCOCCOCCOCCNC(=O)CON1C(=O)CC(C(C)C)C1=O)C(C)C. The van der Waals surface area contributed by atoms with Gasteiger partial charge in [-0.3, -0.25) is 43.2 Å². The third-order valence-electron chi connectivity index (χ3n) is 9.21. The van der Waals surface area contributed by atoms with Crippen LogP contribution in [0.1, 0.15) is 93.4 Å². The fraction of sp³-hybridized carbons (Fsp3) is 0.775. The maximum atomic E-state index is 13.4. The highest BCUT2D eigenvalue weighted by molar-refractivity contribution is 6.02. The van der Waals surface area contributed by atoms with Crippen molar-refractivity contribution in [3.05, 3.63) is 0 Å². The van der Waals surface area contributed by atoms with E-state index in [9.17, 15) is 43.2 Å². The summed E-state index contributed by atoms with van der Waals surface area (Å²) < 4.78 is 21.8. The Kier molecular flexibility index (Phi) is 27.4. The average Bonchev–Trinajstić information content (AvgIpc) is 3.48. The number of nitrogens with one attached hydrogen (secondary N) is 5. The molecule has 0 aromatic carbocycles. The molecule has 342 valence electrons. The molecule has 1 aliphatic rings. The Bertz CT molecular complexity index is 1410. The van der Waals surface area contributed by atoms with Gasteiger partial charge in [-0.2, -0.15) is 5.06 Å². The van der Waals surface area contributed by atoms with Crippen molar-refractivity contribution >= 4 is 52.9 Å². The quantitative estimate of drug-likeness (QED) is 0.0418. The molecule has 5 N–H and O–H groups in total. The summed E-state index contributed by atoms with van der Waals surface area (Å²) >= 11 is 0. The molecule has 1 fully saturated rings. The lowest BCUT2D eigenvalue weighted by atomic mass is 9.95. The molecule has 1 aliphatic heterocycles. The van der Waals surface area contributed by atoms with Crippen molar-refractivity contribution in [3.8, 4) is 0 Å². The van der Waals surface area contributed by atoms with Crippen LogP contribution in [-0.4, -0.2) is 149 Å². The molecule has 1 heterocycles. The van der Waals surface area contributed by atoms with Crippen molar-refractivity contribution < 1.29 is 66.9 Å². The van der Waals surface area contributed by atoms with E-state index in [0.717, 1.165) is 0 Å².